The van der Waals surface area contributed by atoms with Crippen LogP contribution in [0.2, 0.25) is 0 Å². The Morgan fingerprint density at radius 3 is 3.00 bits per heavy atom. The molecule has 5 nitrogen and oxygen atoms in total. The topological polar surface area (TPSA) is 67.1 Å². The van der Waals surface area contributed by atoms with E-state index in [0.29, 0.717) is 12.0 Å². The molecule has 1 atom stereocenters. The molecule has 92 valence electrons. The van der Waals surface area contributed by atoms with Crippen molar-refractivity contribution >= 4 is 11.8 Å². The van der Waals surface area contributed by atoms with Crippen molar-refractivity contribution in [2.75, 3.05) is 30.8 Å². The molecule has 0 unspecified atom stereocenters. The fourth-order valence-corrected chi connectivity index (χ4v) is 2.88. The Kier molecular flexibility index (Phi) is 2.63. The lowest BCUT2D eigenvalue weighted by atomic mass is 10.2. The van der Waals surface area contributed by atoms with Crippen molar-refractivity contribution in [3.05, 3.63) is 11.3 Å². The average molecular weight is 233 g/mol. The fourth-order valence-electron chi connectivity index (χ4n) is 2.88. The summed E-state index contributed by atoms with van der Waals surface area (Å²) in [5, 5.41) is 3.33. The first-order valence-corrected chi connectivity index (χ1v) is 6.35. The predicted octanol–water partition coefficient (Wildman–Crippen LogP) is 0.346. The van der Waals surface area contributed by atoms with Crippen LogP contribution in [0.4, 0.5) is 11.8 Å². The first kappa shape index (κ1) is 10.8. The number of aromatic nitrogens is 2. The predicted molar refractivity (Wildman–Crippen MR) is 68.1 cm³/mol. The van der Waals surface area contributed by atoms with Crippen LogP contribution in [0.5, 0.6) is 0 Å². The van der Waals surface area contributed by atoms with Gasteiger partial charge in [-0.2, -0.15) is 4.98 Å². The molecule has 1 fully saturated rings. The van der Waals surface area contributed by atoms with Crippen molar-refractivity contribution in [1.29, 1.82) is 0 Å². The van der Waals surface area contributed by atoms with E-state index in [-0.39, 0.29) is 0 Å². The standard InChI is InChI=1S/C12H19N5/c1-14-8-5-6-17(7-8)11-9-3-2-4-10(9)15-12(13)16-11/h8,14H,2-7H2,1H3,(H2,13,15,16)/t8-/m0/s1. The summed E-state index contributed by atoms with van der Waals surface area (Å²) < 4.78 is 0. The zero-order valence-corrected chi connectivity index (χ0v) is 10.2. The minimum atomic E-state index is 0.425. The highest BCUT2D eigenvalue weighted by atomic mass is 15.2. The van der Waals surface area contributed by atoms with E-state index in [0.717, 1.165) is 31.7 Å². The van der Waals surface area contributed by atoms with E-state index in [2.05, 4.69) is 20.2 Å². The van der Waals surface area contributed by atoms with Crippen molar-refractivity contribution in [2.24, 2.45) is 0 Å². The number of aryl methyl sites for hydroxylation is 1. The van der Waals surface area contributed by atoms with Crippen molar-refractivity contribution in [2.45, 2.75) is 31.7 Å². The maximum atomic E-state index is 5.80. The number of anilines is 2. The second kappa shape index (κ2) is 4.14. The van der Waals surface area contributed by atoms with E-state index in [9.17, 15) is 0 Å². The number of nitrogen functional groups attached to an aromatic ring is 1. The van der Waals surface area contributed by atoms with Crippen molar-refractivity contribution in [3.8, 4) is 0 Å². The molecule has 0 bridgehead atoms. The third-order valence-corrected chi connectivity index (χ3v) is 3.82. The minimum absolute atomic E-state index is 0.425. The maximum absolute atomic E-state index is 5.80. The van der Waals surface area contributed by atoms with Crippen LogP contribution in [0.1, 0.15) is 24.1 Å². The smallest absolute Gasteiger partial charge is 0.222 e. The van der Waals surface area contributed by atoms with E-state index in [1.54, 1.807) is 0 Å². The van der Waals surface area contributed by atoms with Gasteiger partial charge in [0.05, 0.1) is 5.69 Å². The van der Waals surface area contributed by atoms with E-state index in [4.69, 9.17) is 5.73 Å². The van der Waals surface area contributed by atoms with Crippen molar-refractivity contribution in [3.63, 3.8) is 0 Å². The number of nitrogens with zero attached hydrogens (tertiary/aromatic N) is 3. The summed E-state index contributed by atoms with van der Waals surface area (Å²) in [6.45, 7) is 2.09. The normalized spacial score (nSPS) is 23.1. The molecule has 2 aliphatic rings. The summed E-state index contributed by atoms with van der Waals surface area (Å²) in [5.74, 6) is 1.51. The molecule has 0 spiro atoms. The molecule has 0 radical (unpaired) electrons. The van der Waals surface area contributed by atoms with Gasteiger partial charge in [0.15, 0.2) is 0 Å². The molecule has 2 heterocycles. The summed E-state index contributed by atoms with van der Waals surface area (Å²) >= 11 is 0. The Morgan fingerprint density at radius 2 is 2.24 bits per heavy atom. The van der Waals surface area contributed by atoms with Crippen LogP contribution in [-0.2, 0) is 12.8 Å². The van der Waals surface area contributed by atoms with Gasteiger partial charge in [0.1, 0.15) is 5.82 Å². The first-order valence-electron chi connectivity index (χ1n) is 6.35. The highest BCUT2D eigenvalue weighted by Crippen LogP contribution is 2.31. The van der Waals surface area contributed by atoms with Gasteiger partial charge in [0.2, 0.25) is 5.95 Å². The molecule has 0 aromatic carbocycles. The molecule has 17 heavy (non-hydrogen) atoms. The first-order chi connectivity index (χ1) is 8.28. The van der Waals surface area contributed by atoms with E-state index in [1.807, 2.05) is 7.05 Å². The van der Waals surface area contributed by atoms with Crippen molar-refractivity contribution < 1.29 is 0 Å². The Labute approximate surface area is 101 Å². The van der Waals surface area contributed by atoms with Gasteiger partial charge in [0, 0.05) is 24.7 Å². The molecule has 1 aromatic heterocycles. The third-order valence-electron chi connectivity index (χ3n) is 3.82. The second-order valence-electron chi connectivity index (χ2n) is 4.90. The molecule has 3 N–H and O–H groups in total. The molecule has 0 amide bonds. The van der Waals surface area contributed by atoms with Crippen LogP contribution < -0.4 is 16.0 Å². The van der Waals surface area contributed by atoms with Crippen LogP contribution in [0.15, 0.2) is 0 Å². The summed E-state index contributed by atoms with van der Waals surface area (Å²) in [6, 6.07) is 0.572. The highest BCUT2D eigenvalue weighted by molar-refractivity contribution is 5.54. The molecule has 5 heteroatoms. The fraction of sp³-hybridized carbons (Fsp3) is 0.667. The largest absolute Gasteiger partial charge is 0.368 e. The Hall–Kier alpha value is -1.36. The SMILES string of the molecule is CN[C@H]1CCN(c2nc(N)nc3c2CCC3)C1. The number of hydrogen-bond donors (Lipinski definition) is 2. The van der Waals surface area contributed by atoms with Gasteiger partial charge in [-0.05, 0) is 32.7 Å². The van der Waals surface area contributed by atoms with E-state index >= 15 is 0 Å². The van der Waals surface area contributed by atoms with Crippen LogP contribution >= 0.6 is 0 Å². The summed E-state index contributed by atoms with van der Waals surface area (Å²) in [5.41, 5.74) is 8.30. The lowest BCUT2D eigenvalue weighted by Crippen LogP contribution is -2.30. The zero-order chi connectivity index (χ0) is 11.8. The van der Waals surface area contributed by atoms with Crippen LogP contribution in [-0.4, -0.2) is 36.1 Å². The summed E-state index contributed by atoms with van der Waals surface area (Å²) in [7, 11) is 2.02. The van der Waals surface area contributed by atoms with Crippen LogP contribution in [0.25, 0.3) is 0 Å². The van der Waals surface area contributed by atoms with Crippen LogP contribution in [0.3, 0.4) is 0 Å². The molecular weight excluding hydrogens is 214 g/mol. The lowest BCUT2D eigenvalue weighted by Gasteiger charge is -2.20. The zero-order valence-electron chi connectivity index (χ0n) is 10.2. The van der Waals surface area contributed by atoms with Gasteiger partial charge in [0.25, 0.3) is 0 Å². The van der Waals surface area contributed by atoms with E-state index < -0.39 is 0 Å². The molecule has 1 saturated heterocycles. The second-order valence-corrected chi connectivity index (χ2v) is 4.90. The van der Waals surface area contributed by atoms with Gasteiger partial charge in [-0.25, -0.2) is 4.98 Å². The Bertz CT molecular complexity index is 431. The molecule has 1 aliphatic heterocycles. The number of rotatable bonds is 2. The summed E-state index contributed by atoms with van der Waals surface area (Å²) in [6.07, 6.45) is 4.52. The molecule has 1 aromatic rings. The number of fused-ring (bicyclic) bond motifs is 1. The van der Waals surface area contributed by atoms with Gasteiger partial charge in [-0.3, -0.25) is 0 Å². The van der Waals surface area contributed by atoms with E-state index in [1.165, 1.54) is 24.1 Å². The third kappa shape index (κ3) is 1.84. The Balaban J connectivity index is 1.93. The minimum Gasteiger partial charge on any atom is -0.368 e. The number of nitrogens with one attached hydrogen (secondary N) is 1. The van der Waals surface area contributed by atoms with Gasteiger partial charge in [-0.15, -0.1) is 0 Å². The van der Waals surface area contributed by atoms with Crippen LogP contribution in [0, 0.1) is 0 Å². The highest BCUT2D eigenvalue weighted by Gasteiger charge is 2.27. The Morgan fingerprint density at radius 1 is 1.35 bits per heavy atom. The maximum Gasteiger partial charge on any atom is 0.222 e. The number of likely N-dealkylation sites (N-methyl/N-ethyl adjacent to an activating group) is 1. The molecule has 1 aliphatic carbocycles. The van der Waals surface area contributed by atoms with Gasteiger partial charge >= 0.3 is 0 Å². The van der Waals surface area contributed by atoms with Crippen molar-refractivity contribution in [1.82, 2.24) is 15.3 Å². The lowest BCUT2D eigenvalue weighted by molar-refractivity contribution is 0.616. The monoisotopic (exact) mass is 233 g/mol. The number of hydrogen-bond acceptors (Lipinski definition) is 5. The summed E-state index contributed by atoms with van der Waals surface area (Å²) in [4.78, 5) is 11.2. The molecule has 0 saturated carbocycles. The molecule has 3 rings (SSSR count). The van der Waals surface area contributed by atoms with Gasteiger partial charge < -0.3 is 16.0 Å². The molecular formula is C12H19N5. The number of nitrogens with two attached hydrogens (primary N) is 1. The quantitative estimate of drug-likeness (QED) is 0.771. The average Bonchev–Trinajstić information content (AvgIpc) is 2.95. The van der Waals surface area contributed by atoms with Gasteiger partial charge in [-0.1, -0.05) is 0 Å².